The summed E-state index contributed by atoms with van der Waals surface area (Å²) in [5.74, 6) is -0.0356. The summed E-state index contributed by atoms with van der Waals surface area (Å²) in [6.45, 7) is 0.0174. The highest BCUT2D eigenvalue weighted by Gasteiger charge is 2.13. The molecule has 0 aliphatic heterocycles. The van der Waals surface area contributed by atoms with Crippen molar-refractivity contribution in [1.82, 2.24) is 19.6 Å². The molecule has 1 amide bonds. The summed E-state index contributed by atoms with van der Waals surface area (Å²) in [4.78, 5) is 12.4. The molecule has 0 saturated heterocycles. The van der Waals surface area contributed by atoms with Crippen LogP contribution in [-0.4, -0.2) is 32.6 Å². The number of fused-ring (bicyclic) bond motifs is 1. The molecule has 28 heavy (non-hydrogen) atoms. The zero-order valence-corrected chi connectivity index (χ0v) is 15.4. The maximum Gasteiger partial charge on any atom is 0.247 e. The third kappa shape index (κ3) is 3.32. The number of carbonyl (C=O) groups is 1. The van der Waals surface area contributed by atoms with E-state index < -0.39 is 5.82 Å². The Labute approximate surface area is 160 Å². The largest absolute Gasteiger partial charge is 0.494 e. The molecule has 0 aliphatic carbocycles. The average Bonchev–Trinajstić information content (AvgIpc) is 3.27. The smallest absolute Gasteiger partial charge is 0.247 e. The Morgan fingerprint density at radius 1 is 1.18 bits per heavy atom. The first-order chi connectivity index (χ1) is 13.5. The number of nitrogens with one attached hydrogen (secondary N) is 1. The Balaban J connectivity index is 1.49. The summed E-state index contributed by atoms with van der Waals surface area (Å²) >= 11 is 0. The predicted octanol–water partition coefficient (Wildman–Crippen LogP) is 3.22. The van der Waals surface area contributed by atoms with E-state index >= 15 is 0 Å². The Hall–Kier alpha value is -3.68. The molecule has 0 spiro atoms. The van der Waals surface area contributed by atoms with E-state index in [9.17, 15) is 9.18 Å². The van der Waals surface area contributed by atoms with Crippen LogP contribution in [0, 0.1) is 5.82 Å². The lowest BCUT2D eigenvalue weighted by Crippen LogP contribution is -2.19. The highest BCUT2D eigenvalue weighted by atomic mass is 19.1. The quantitative estimate of drug-likeness (QED) is 0.578. The molecule has 0 unspecified atom stereocenters. The zero-order chi connectivity index (χ0) is 19.7. The van der Waals surface area contributed by atoms with E-state index in [0.717, 1.165) is 10.9 Å². The predicted molar refractivity (Wildman–Crippen MR) is 104 cm³/mol. The molecule has 0 saturated carbocycles. The molecule has 2 heterocycles. The third-order valence-corrected chi connectivity index (χ3v) is 4.41. The number of anilines is 1. The summed E-state index contributed by atoms with van der Waals surface area (Å²) in [7, 11) is 3.24. The first-order valence-electron chi connectivity index (χ1n) is 8.64. The van der Waals surface area contributed by atoms with Gasteiger partial charge in [-0.25, -0.2) is 4.39 Å². The normalized spacial score (nSPS) is 11.0. The minimum atomic E-state index is -0.464. The number of halogens is 1. The first-order valence-corrected chi connectivity index (χ1v) is 8.64. The van der Waals surface area contributed by atoms with Gasteiger partial charge in [-0.1, -0.05) is 12.1 Å². The van der Waals surface area contributed by atoms with Crippen LogP contribution in [0.25, 0.3) is 22.2 Å². The molecule has 2 aromatic carbocycles. The van der Waals surface area contributed by atoms with E-state index in [1.54, 1.807) is 29.1 Å². The number of nitrogens with zero attached hydrogens (tertiary/aromatic N) is 4. The molecular weight excluding hydrogens is 361 g/mol. The highest BCUT2D eigenvalue weighted by Crippen LogP contribution is 2.24. The van der Waals surface area contributed by atoms with E-state index in [0.29, 0.717) is 17.1 Å². The number of para-hydroxylation sites is 1. The molecule has 0 bridgehead atoms. The standard InChI is InChI=1S/C20H18FN5O2/c1-25-17-6-4-3-5-14(17)20(24-25)22-19(27)12-26-10-9-16(23-26)13-7-8-18(28-2)15(21)11-13/h3-11H,12H2,1-2H3,(H,22,24,27). The van der Waals surface area contributed by atoms with E-state index in [-0.39, 0.29) is 18.2 Å². The van der Waals surface area contributed by atoms with Crippen molar-refractivity contribution in [1.29, 1.82) is 0 Å². The number of aromatic nitrogens is 4. The SMILES string of the molecule is COc1ccc(-c2ccn(CC(=O)Nc3nn(C)c4ccccc34)n2)cc1F. The molecule has 8 heteroatoms. The number of rotatable bonds is 5. The van der Waals surface area contributed by atoms with Gasteiger partial charge in [-0.3, -0.25) is 14.2 Å². The third-order valence-electron chi connectivity index (χ3n) is 4.41. The number of methoxy groups -OCH3 is 1. The Morgan fingerprint density at radius 3 is 2.79 bits per heavy atom. The number of carbonyl (C=O) groups excluding carboxylic acids is 1. The van der Waals surface area contributed by atoms with Crippen LogP contribution in [0.2, 0.25) is 0 Å². The van der Waals surface area contributed by atoms with E-state index in [2.05, 4.69) is 15.5 Å². The molecule has 0 atom stereocenters. The first kappa shape index (κ1) is 17.7. The van der Waals surface area contributed by atoms with Crippen molar-refractivity contribution in [2.75, 3.05) is 12.4 Å². The second-order valence-electron chi connectivity index (χ2n) is 6.29. The number of amides is 1. The van der Waals surface area contributed by atoms with Crippen molar-refractivity contribution in [2.45, 2.75) is 6.54 Å². The van der Waals surface area contributed by atoms with E-state index in [4.69, 9.17) is 4.74 Å². The minimum Gasteiger partial charge on any atom is -0.494 e. The maximum atomic E-state index is 13.9. The molecule has 0 fully saturated rings. The van der Waals surface area contributed by atoms with Gasteiger partial charge in [-0.05, 0) is 36.4 Å². The van der Waals surface area contributed by atoms with Gasteiger partial charge in [0, 0.05) is 24.2 Å². The number of benzene rings is 2. The molecule has 1 N–H and O–H groups in total. The van der Waals surface area contributed by atoms with Crippen molar-refractivity contribution in [3.63, 3.8) is 0 Å². The van der Waals surface area contributed by atoms with Gasteiger partial charge in [0.15, 0.2) is 17.4 Å². The van der Waals surface area contributed by atoms with E-state index in [1.165, 1.54) is 17.9 Å². The lowest BCUT2D eigenvalue weighted by molar-refractivity contribution is -0.116. The molecule has 4 aromatic rings. The highest BCUT2D eigenvalue weighted by molar-refractivity contribution is 5.99. The zero-order valence-electron chi connectivity index (χ0n) is 15.4. The van der Waals surface area contributed by atoms with Gasteiger partial charge < -0.3 is 10.1 Å². The molecule has 0 radical (unpaired) electrons. The summed E-state index contributed by atoms with van der Waals surface area (Å²) in [5.41, 5.74) is 2.10. The van der Waals surface area contributed by atoms with Crippen LogP contribution in [0.3, 0.4) is 0 Å². The van der Waals surface area contributed by atoms with Gasteiger partial charge in [-0.2, -0.15) is 10.2 Å². The van der Waals surface area contributed by atoms with Gasteiger partial charge in [0.05, 0.1) is 18.3 Å². The maximum absolute atomic E-state index is 13.9. The summed E-state index contributed by atoms with van der Waals surface area (Å²) < 4.78 is 22.0. The Morgan fingerprint density at radius 2 is 2.00 bits per heavy atom. The topological polar surface area (TPSA) is 74.0 Å². The molecule has 2 aromatic heterocycles. The minimum absolute atomic E-state index is 0.0174. The van der Waals surface area contributed by atoms with Crippen LogP contribution in [0.15, 0.2) is 54.7 Å². The van der Waals surface area contributed by atoms with Crippen molar-refractivity contribution in [2.24, 2.45) is 7.05 Å². The van der Waals surface area contributed by atoms with Crippen LogP contribution >= 0.6 is 0 Å². The molecular formula is C20H18FN5O2. The molecule has 4 rings (SSSR count). The molecule has 7 nitrogen and oxygen atoms in total. The van der Waals surface area contributed by atoms with Gasteiger partial charge in [0.25, 0.3) is 0 Å². The summed E-state index contributed by atoms with van der Waals surface area (Å²) in [6, 6.07) is 14.0. The van der Waals surface area contributed by atoms with Crippen molar-refractivity contribution >= 4 is 22.6 Å². The van der Waals surface area contributed by atoms with Gasteiger partial charge in [0.1, 0.15) is 6.54 Å². The Bertz CT molecular complexity index is 1160. The van der Waals surface area contributed by atoms with Gasteiger partial charge >= 0.3 is 0 Å². The molecule has 142 valence electrons. The second kappa shape index (κ2) is 7.15. The number of hydrogen-bond donors (Lipinski definition) is 1. The average molecular weight is 379 g/mol. The van der Waals surface area contributed by atoms with Crippen LogP contribution in [0.5, 0.6) is 5.75 Å². The van der Waals surface area contributed by atoms with Crippen molar-refractivity contribution < 1.29 is 13.9 Å². The Kier molecular flexibility index (Phi) is 4.52. The summed E-state index contributed by atoms with van der Waals surface area (Å²) in [6.07, 6.45) is 1.67. The fourth-order valence-corrected chi connectivity index (χ4v) is 3.05. The van der Waals surface area contributed by atoms with Crippen molar-refractivity contribution in [3.8, 4) is 17.0 Å². The fraction of sp³-hybridized carbons (Fsp3) is 0.150. The molecule has 0 aliphatic rings. The van der Waals surface area contributed by atoms with Crippen LogP contribution in [0.1, 0.15) is 0 Å². The lowest BCUT2D eigenvalue weighted by Gasteiger charge is -2.04. The second-order valence-corrected chi connectivity index (χ2v) is 6.29. The van der Waals surface area contributed by atoms with Crippen LogP contribution in [0.4, 0.5) is 10.2 Å². The van der Waals surface area contributed by atoms with Crippen LogP contribution in [-0.2, 0) is 18.4 Å². The number of ether oxygens (including phenoxy) is 1. The monoisotopic (exact) mass is 379 g/mol. The summed E-state index contributed by atoms with van der Waals surface area (Å²) in [5, 5.41) is 12.4. The van der Waals surface area contributed by atoms with E-state index in [1.807, 2.05) is 31.3 Å². The number of aryl methyl sites for hydroxylation is 1. The number of hydrogen-bond acceptors (Lipinski definition) is 4. The fourth-order valence-electron chi connectivity index (χ4n) is 3.05. The van der Waals surface area contributed by atoms with Gasteiger partial charge in [0.2, 0.25) is 5.91 Å². The van der Waals surface area contributed by atoms with Crippen molar-refractivity contribution in [3.05, 3.63) is 60.5 Å². The van der Waals surface area contributed by atoms with Gasteiger partial charge in [-0.15, -0.1) is 0 Å². The lowest BCUT2D eigenvalue weighted by atomic mass is 10.1. The van der Waals surface area contributed by atoms with Crippen LogP contribution < -0.4 is 10.1 Å².